The van der Waals surface area contributed by atoms with Gasteiger partial charge in [0.25, 0.3) is 0 Å². The lowest BCUT2D eigenvalue weighted by Crippen LogP contribution is -2.65. The summed E-state index contributed by atoms with van der Waals surface area (Å²) in [6.45, 7) is 10.6. The molecule has 7 heteroatoms. The minimum absolute atomic E-state index is 0.172. The summed E-state index contributed by atoms with van der Waals surface area (Å²) in [5, 5.41) is 0. The first-order valence-electron chi connectivity index (χ1n) is 11.5. The van der Waals surface area contributed by atoms with Crippen LogP contribution in [0.5, 0.6) is 5.75 Å². The molecule has 1 unspecified atom stereocenters. The highest BCUT2D eigenvalue weighted by Crippen LogP contribution is 2.68. The van der Waals surface area contributed by atoms with Crippen molar-refractivity contribution in [2.45, 2.75) is 88.0 Å². The predicted octanol–water partition coefficient (Wildman–Crippen LogP) is 5.28. The Hall–Kier alpha value is -1.18. The van der Waals surface area contributed by atoms with Gasteiger partial charge < -0.3 is 18.8 Å². The van der Waals surface area contributed by atoms with Gasteiger partial charge in [0.1, 0.15) is 11.3 Å². The molecule has 166 valence electrons. The van der Waals surface area contributed by atoms with Crippen LogP contribution in [0.1, 0.15) is 75.7 Å². The highest BCUT2D eigenvalue weighted by molar-refractivity contribution is 7.98. The van der Waals surface area contributed by atoms with Crippen molar-refractivity contribution < 1.29 is 23.6 Å². The van der Waals surface area contributed by atoms with E-state index in [1.165, 1.54) is 6.42 Å². The van der Waals surface area contributed by atoms with Gasteiger partial charge in [-0.25, -0.2) is 4.79 Å². The number of ether oxygens (including phenoxy) is 2. The van der Waals surface area contributed by atoms with Gasteiger partial charge in [-0.3, -0.25) is 0 Å². The Bertz CT molecular complexity index is 977. The number of cyclic esters (lactones) is 1. The van der Waals surface area contributed by atoms with Gasteiger partial charge in [0.2, 0.25) is 5.79 Å². The maximum Gasteiger partial charge on any atom is 0.461 e. The van der Waals surface area contributed by atoms with Crippen LogP contribution < -0.4 is 4.74 Å². The Morgan fingerprint density at radius 1 is 1.06 bits per heavy atom. The maximum absolute atomic E-state index is 12.8. The average molecular weight is 442 g/mol. The first-order chi connectivity index (χ1) is 14.5. The van der Waals surface area contributed by atoms with Crippen molar-refractivity contribution in [1.82, 2.24) is 0 Å². The molecule has 6 atom stereocenters. The van der Waals surface area contributed by atoms with Crippen LogP contribution in [0.25, 0.3) is 0 Å². The highest BCUT2D eigenvalue weighted by Gasteiger charge is 2.70. The molecule has 31 heavy (non-hydrogen) atoms. The molecule has 1 aromatic carbocycles. The zero-order valence-electron chi connectivity index (χ0n) is 19.2. The minimum Gasteiger partial charge on any atom is -0.452 e. The molecule has 2 aliphatic heterocycles. The van der Waals surface area contributed by atoms with Gasteiger partial charge in [-0.1, -0.05) is 19.9 Å². The molecule has 5 fully saturated rings. The third-order valence-corrected chi connectivity index (χ3v) is 9.60. The molecule has 2 bridgehead atoms. The maximum atomic E-state index is 12.8. The summed E-state index contributed by atoms with van der Waals surface area (Å²) < 4.78 is 25.0. The highest BCUT2D eigenvalue weighted by atomic mass is 32.2. The normalized spacial score (nSPS) is 40.9. The number of hydrogen-bond acceptors (Lipinski definition) is 6. The number of rotatable bonds is 3. The van der Waals surface area contributed by atoms with Gasteiger partial charge in [0.05, 0.1) is 11.7 Å². The fourth-order valence-corrected chi connectivity index (χ4v) is 7.43. The molecule has 4 saturated carbocycles. The van der Waals surface area contributed by atoms with E-state index in [0.717, 1.165) is 29.2 Å². The van der Waals surface area contributed by atoms with Crippen molar-refractivity contribution in [3.05, 3.63) is 23.3 Å². The molecular formula is C24H31BO5S. The van der Waals surface area contributed by atoms with E-state index < -0.39 is 5.79 Å². The van der Waals surface area contributed by atoms with Crippen LogP contribution in [0.3, 0.4) is 0 Å². The van der Waals surface area contributed by atoms with Gasteiger partial charge in [-0.2, -0.15) is 0 Å². The quantitative estimate of drug-likeness (QED) is 0.361. The zero-order valence-corrected chi connectivity index (χ0v) is 20.0. The predicted molar refractivity (Wildman–Crippen MR) is 120 cm³/mol. The molecule has 2 heterocycles. The summed E-state index contributed by atoms with van der Waals surface area (Å²) in [5.74, 6) is 1.32. The van der Waals surface area contributed by atoms with Gasteiger partial charge in [-0.05, 0) is 67.2 Å². The number of fused-ring (bicyclic) bond motifs is 1. The van der Waals surface area contributed by atoms with E-state index in [9.17, 15) is 4.79 Å². The van der Waals surface area contributed by atoms with E-state index in [2.05, 4.69) is 26.8 Å². The number of thioether (sulfide) groups is 1. The van der Waals surface area contributed by atoms with E-state index in [1.807, 2.05) is 12.3 Å². The molecule has 1 saturated heterocycles. The third kappa shape index (κ3) is 2.75. The number of carbonyl (C=O) groups is 1. The van der Waals surface area contributed by atoms with E-state index in [1.54, 1.807) is 25.6 Å². The fourth-order valence-electron chi connectivity index (χ4n) is 6.84. The molecule has 4 aliphatic carbocycles. The van der Waals surface area contributed by atoms with Crippen LogP contribution in [0.2, 0.25) is 5.82 Å². The SMILES string of the molecule is CSc1ccc([C@H]2C[C@H]2B2OC3C[C@@H]4C[C@@H](C4(C)C)[C@]3(C)O2)c2c1C(=O)OC(C)(C)O2. The molecule has 7 rings (SSSR count). The van der Waals surface area contributed by atoms with Gasteiger partial charge in [0, 0.05) is 24.6 Å². The minimum atomic E-state index is -0.963. The summed E-state index contributed by atoms with van der Waals surface area (Å²) >= 11 is 1.54. The topological polar surface area (TPSA) is 54.0 Å². The first-order valence-corrected chi connectivity index (χ1v) is 12.7. The Labute approximate surface area is 189 Å². The Morgan fingerprint density at radius 3 is 2.55 bits per heavy atom. The Morgan fingerprint density at radius 2 is 1.84 bits per heavy atom. The molecule has 5 nitrogen and oxygen atoms in total. The molecule has 0 amide bonds. The summed E-state index contributed by atoms with van der Waals surface area (Å²) in [5.41, 5.74) is 1.81. The lowest BCUT2D eigenvalue weighted by molar-refractivity contribution is -0.199. The van der Waals surface area contributed by atoms with Crippen LogP contribution in [-0.2, 0) is 14.0 Å². The van der Waals surface area contributed by atoms with Crippen molar-refractivity contribution >= 4 is 24.8 Å². The third-order valence-electron chi connectivity index (χ3n) is 8.82. The average Bonchev–Trinajstić information content (AvgIpc) is 3.39. The second kappa shape index (κ2) is 6.24. The number of benzene rings is 1. The molecule has 0 spiro atoms. The van der Waals surface area contributed by atoms with Crippen LogP contribution in [-0.4, -0.2) is 36.8 Å². The van der Waals surface area contributed by atoms with Gasteiger partial charge >= 0.3 is 13.1 Å². The standard InChI is InChI=1S/C24H31BO5S/c1-22(2)12-9-17(22)24(5)18(10-12)29-25(30-24)15-11-14(15)13-7-8-16(31-6)19-20(13)27-23(3,4)28-21(19)26/h7-8,12,14-15,17-18H,9-11H2,1-6H3/t12-,14+,15+,17-,18?,24-/m0/s1. The van der Waals surface area contributed by atoms with Crippen LogP contribution in [0.4, 0.5) is 0 Å². The second-order valence-electron chi connectivity index (χ2n) is 11.3. The molecule has 0 N–H and O–H groups in total. The molecule has 0 aromatic heterocycles. The van der Waals surface area contributed by atoms with E-state index in [-0.39, 0.29) is 30.7 Å². The molecular weight excluding hydrogens is 411 g/mol. The van der Waals surface area contributed by atoms with E-state index >= 15 is 0 Å². The summed E-state index contributed by atoms with van der Waals surface area (Å²) in [6.07, 6.45) is 5.54. The second-order valence-corrected chi connectivity index (χ2v) is 12.1. The van der Waals surface area contributed by atoms with E-state index in [4.69, 9.17) is 18.8 Å². The smallest absolute Gasteiger partial charge is 0.452 e. The van der Waals surface area contributed by atoms with Crippen molar-refractivity contribution in [1.29, 1.82) is 0 Å². The Balaban J connectivity index is 1.28. The lowest BCUT2D eigenvalue weighted by atomic mass is 9.43. The fraction of sp³-hybridized carbons (Fsp3) is 0.708. The summed E-state index contributed by atoms with van der Waals surface area (Å²) in [7, 11) is -0.172. The lowest BCUT2D eigenvalue weighted by Gasteiger charge is -2.64. The first kappa shape index (κ1) is 20.4. The summed E-state index contributed by atoms with van der Waals surface area (Å²) in [6, 6.07) is 4.14. The van der Waals surface area contributed by atoms with Gasteiger partial charge in [-0.15, -0.1) is 11.8 Å². The van der Waals surface area contributed by atoms with Crippen LogP contribution in [0, 0.1) is 17.3 Å². The summed E-state index contributed by atoms with van der Waals surface area (Å²) in [4.78, 5) is 13.7. The number of esters is 1. The van der Waals surface area contributed by atoms with Crippen molar-refractivity contribution in [3.8, 4) is 5.75 Å². The Kier molecular flexibility index (Phi) is 4.11. The van der Waals surface area contributed by atoms with Crippen LogP contribution >= 0.6 is 11.8 Å². The largest absolute Gasteiger partial charge is 0.461 e. The zero-order chi connectivity index (χ0) is 21.9. The number of carbonyl (C=O) groups excluding carboxylic acids is 1. The van der Waals surface area contributed by atoms with E-state index in [0.29, 0.717) is 28.5 Å². The van der Waals surface area contributed by atoms with Crippen molar-refractivity contribution in [2.75, 3.05) is 6.26 Å². The molecule has 1 aromatic rings. The van der Waals surface area contributed by atoms with Crippen LogP contribution in [0.15, 0.2) is 17.0 Å². The van der Waals surface area contributed by atoms with Gasteiger partial charge in [0.15, 0.2) is 0 Å². The monoisotopic (exact) mass is 442 g/mol. The molecule has 0 radical (unpaired) electrons. The molecule has 6 aliphatic rings. The number of hydrogen-bond donors (Lipinski definition) is 0. The van der Waals surface area contributed by atoms with Crippen molar-refractivity contribution in [2.24, 2.45) is 17.3 Å². The van der Waals surface area contributed by atoms with Crippen molar-refractivity contribution in [3.63, 3.8) is 0 Å².